The van der Waals surface area contributed by atoms with Crippen molar-refractivity contribution in [2.24, 2.45) is 0 Å². The number of rotatable bonds is 1. The SMILES string of the molecule is CC.CC(C)c1cnn2c(=O)[nH]cnc12. The van der Waals surface area contributed by atoms with E-state index in [0.29, 0.717) is 11.6 Å². The number of hydrogen-bond acceptors (Lipinski definition) is 3. The van der Waals surface area contributed by atoms with Crippen LogP contribution in [0.5, 0.6) is 0 Å². The summed E-state index contributed by atoms with van der Waals surface area (Å²) in [5.41, 5.74) is 1.38. The molecule has 0 amide bonds. The molecule has 0 aliphatic rings. The summed E-state index contributed by atoms with van der Waals surface area (Å²) in [4.78, 5) is 17.7. The monoisotopic (exact) mass is 208 g/mol. The molecule has 0 spiro atoms. The molecule has 0 atom stereocenters. The van der Waals surface area contributed by atoms with Crippen LogP contribution in [0.3, 0.4) is 0 Å². The van der Waals surface area contributed by atoms with Crippen molar-refractivity contribution in [2.75, 3.05) is 0 Å². The van der Waals surface area contributed by atoms with Crippen LogP contribution >= 0.6 is 0 Å². The second kappa shape index (κ2) is 4.72. The van der Waals surface area contributed by atoms with E-state index < -0.39 is 0 Å². The van der Waals surface area contributed by atoms with Crippen LogP contribution in [0.1, 0.15) is 39.2 Å². The Bertz CT molecular complexity index is 483. The summed E-state index contributed by atoms with van der Waals surface area (Å²) in [5.74, 6) is 0.326. The number of H-pyrrole nitrogens is 1. The third kappa shape index (κ3) is 2.06. The van der Waals surface area contributed by atoms with Crippen LogP contribution < -0.4 is 5.69 Å². The molecule has 0 saturated carbocycles. The van der Waals surface area contributed by atoms with Gasteiger partial charge in [-0.1, -0.05) is 27.7 Å². The summed E-state index contributed by atoms with van der Waals surface area (Å²) >= 11 is 0. The highest BCUT2D eigenvalue weighted by atomic mass is 16.1. The molecule has 0 bridgehead atoms. The molecule has 2 heterocycles. The fraction of sp³-hybridized carbons (Fsp3) is 0.500. The summed E-state index contributed by atoms with van der Waals surface area (Å²) in [5, 5.41) is 3.95. The Morgan fingerprint density at radius 3 is 2.67 bits per heavy atom. The molecule has 15 heavy (non-hydrogen) atoms. The highest BCUT2D eigenvalue weighted by Crippen LogP contribution is 2.16. The van der Waals surface area contributed by atoms with Crippen LogP contribution in [0.2, 0.25) is 0 Å². The van der Waals surface area contributed by atoms with Gasteiger partial charge in [0.15, 0.2) is 5.65 Å². The minimum atomic E-state index is -0.253. The van der Waals surface area contributed by atoms with E-state index in [1.165, 1.54) is 10.8 Å². The van der Waals surface area contributed by atoms with Crippen molar-refractivity contribution in [3.63, 3.8) is 0 Å². The lowest BCUT2D eigenvalue weighted by Crippen LogP contribution is -2.17. The Morgan fingerprint density at radius 2 is 2.07 bits per heavy atom. The van der Waals surface area contributed by atoms with Crippen molar-refractivity contribution in [2.45, 2.75) is 33.6 Å². The number of nitrogens with zero attached hydrogens (tertiary/aromatic N) is 3. The van der Waals surface area contributed by atoms with Gasteiger partial charge in [-0.3, -0.25) is 4.98 Å². The van der Waals surface area contributed by atoms with Gasteiger partial charge >= 0.3 is 5.69 Å². The average molecular weight is 208 g/mol. The van der Waals surface area contributed by atoms with Gasteiger partial charge in [0.2, 0.25) is 0 Å². The first-order valence-electron chi connectivity index (χ1n) is 5.11. The van der Waals surface area contributed by atoms with E-state index in [4.69, 9.17) is 0 Å². The lowest BCUT2D eigenvalue weighted by atomic mass is 10.1. The van der Waals surface area contributed by atoms with E-state index in [0.717, 1.165) is 5.56 Å². The third-order valence-electron chi connectivity index (χ3n) is 1.96. The predicted octanol–water partition coefficient (Wildman–Crippen LogP) is 1.57. The largest absolute Gasteiger partial charge is 0.349 e. The first-order valence-corrected chi connectivity index (χ1v) is 5.11. The number of hydrogen-bond donors (Lipinski definition) is 1. The van der Waals surface area contributed by atoms with Crippen molar-refractivity contribution in [1.82, 2.24) is 19.6 Å². The van der Waals surface area contributed by atoms with Gasteiger partial charge in [0, 0.05) is 5.56 Å². The van der Waals surface area contributed by atoms with E-state index in [1.807, 2.05) is 27.7 Å². The Morgan fingerprint density at radius 1 is 1.40 bits per heavy atom. The van der Waals surface area contributed by atoms with Crippen molar-refractivity contribution in [1.29, 1.82) is 0 Å². The summed E-state index contributed by atoms with van der Waals surface area (Å²) in [7, 11) is 0. The molecule has 1 N–H and O–H groups in total. The number of aromatic amines is 1. The summed E-state index contributed by atoms with van der Waals surface area (Å²) < 4.78 is 1.27. The van der Waals surface area contributed by atoms with Crippen LogP contribution in [-0.2, 0) is 0 Å². The van der Waals surface area contributed by atoms with E-state index >= 15 is 0 Å². The second-order valence-electron chi connectivity index (χ2n) is 3.20. The molecule has 0 fully saturated rings. The number of aromatic nitrogens is 4. The predicted molar refractivity (Wildman–Crippen MR) is 59.0 cm³/mol. The fourth-order valence-corrected chi connectivity index (χ4v) is 1.25. The first kappa shape index (κ1) is 11.4. The van der Waals surface area contributed by atoms with Crippen molar-refractivity contribution in [3.05, 3.63) is 28.6 Å². The van der Waals surface area contributed by atoms with E-state index in [-0.39, 0.29) is 5.69 Å². The molecule has 0 saturated heterocycles. The van der Waals surface area contributed by atoms with Gasteiger partial charge in [0.25, 0.3) is 0 Å². The maximum absolute atomic E-state index is 11.2. The zero-order chi connectivity index (χ0) is 11.4. The lowest BCUT2D eigenvalue weighted by molar-refractivity contribution is 0.836. The van der Waals surface area contributed by atoms with Gasteiger partial charge < -0.3 is 0 Å². The highest BCUT2D eigenvalue weighted by Gasteiger charge is 2.09. The van der Waals surface area contributed by atoms with Crippen LogP contribution in [0.25, 0.3) is 5.65 Å². The molecule has 0 unspecified atom stereocenters. The maximum Gasteiger partial charge on any atom is 0.349 e. The number of nitrogens with one attached hydrogen (secondary N) is 1. The maximum atomic E-state index is 11.2. The van der Waals surface area contributed by atoms with Gasteiger partial charge in [0.05, 0.1) is 12.5 Å². The van der Waals surface area contributed by atoms with Crippen LogP contribution in [-0.4, -0.2) is 19.6 Å². The molecule has 2 rings (SSSR count). The molecule has 0 aliphatic carbocycles. The minimum Gasteiger partial charge on any atom is -0.296 e. The summed E-state index contributed by atoms with van der Waals surface area (Å²) in [6.45, 7) is 8.08. The van der Waals surface area contributed by atoms with Gasteiger partial charge in [0.1, 0.15) is 0 Å². The first-order chi connectivity index (χ1) is 7.20. The summed E-state index contributed by atoms with van der Waals surface area (Å²) in [6, 6.07) is 0. The average Bonchev–Trinajstić information content (AvgIpc) is 2.66. The quantitative estimate of drug-likeness (QED) is 0.773. The van der Waals surface area contributed by atoms with Crippen molar-refractivity contribution in [3.8, 4) is 0 Å². The molecule has 2 aromatic heterocycles. The van der Waals surface area contributed by atoms with E-state index in [1.54, 1.807) is 6.20 Å². The smallest absolute Gasteiger partial charge is 0.296 e. The van der Waals surface area contributed by atoms with E-state index in [9.17, 15) is 4.79 Å². The Labute approximate surface area is 88.2 Å². The molecule has 0 aromatic carbocycles. The van der Waals surface area contributed by atoms with Crippen LogP contribution in [0.4, 0.5) is 0 Å². The van der Waals surface area contributed by atoms with Crippen molar-refractivity contribution >= 4 is 5.65 Å². The fourth-order valence-electron chi connectivity index (χ4n) is 1.25. The second-order valence-corrected chi connectivity index (χ2v) is 3.20. The molecule has 82 valence electrons. The molecule has 5 heteroatoms. The van der Waals surface area contributed by atoms with Crippen LogP contribution in [0, 0.1) is 0 Å². The molecular formula is C10H16N4O. The molecule has 2 aromatic rings. The molecule has 5 nitrogen and oxygen atoms in total. The Kier molecular flexibility index (Phi) is 3.60. The molecule has 0 aliphatic heterocycles. The standard InChI is InChI=1S/C8H10N4O.C2H6/c1-5(2)6-3-11-12-7(6)9-4-10-8(12)13;1-2/h3-5H,1-2H3,(H,9,10,13);1-2H3. The van der Waals surface area contributed by atoms with Crippen molar-refractivity contribution < 1.29 is 0 Å². The normalized spacial score (nSPS) is 10.2. The molecular weight excluding hydrogens is 192 g/mol. The number of fused-ring (bicyclic) bond motifs is 1. The summed E-state index contributed by atoms with van der Waals surface area (Å²) in [6.07, 6.45) is 3.08. The van der Waals surface area contributed by atoms with Gasteiger partial charge in [-0.05, 0) is 5.92 Å². The Balaban J connectivity index is 0.000000531. The topological polar surface area (TPSA) is 63.1 Å². The van der Waals surface area contributed by atoms with E-state index in [2.05, 4.69) is 15.1 Å². The minimum absolute atomic E-state index is 0.253. The van der Waals surface area contributed by atoms with Gasteiger partial charge in [-0.2, -0.15) is 9.61 Å². The highest BCUT2D eigenvalue weighted by molar-refractivity contribution is 5.46. The Hall–Kier alpha value is -1.65. The van der Waals surface area contributed by atoms with Crippen LogP contribution in [0.15, 0.2) is 17.3 Å². The lowest BCUT2D eigenvalue weighted by Gasteiger charge is -1.99. The molecule has 0 radical (unpaired) electrons. The third-order valence-corrected chi connectivity index (χ3v) is 1.96. The van der Waals surface area contributed by atoms with Gasteiger partial charge in [-0.15, -0.1) is 0 Å². The van der Waals surface area contributed by atoms with Gasteiger partial charge in [-0.25, -0.2) is 9.78 Å². The zero-order valence-corrected chi connectivity index (χ0v) is 9.48. The zero-order valence-electron chi connectivity index (χ0n) is 9.48.